The van der Waals surface area contributed by atoms with Crippen molar-refractivity contribution in [1.82, 2.24) is 0 Å². The molecule has 1 atom stereocenters. The van der Waals surface area contributed by atoms with Crippen LogP contribution in [0.2, 0.25) is 0 Å². The largest absolute Gasteiger partial charge is 0.480 e. The van der Waals surface area contributed by atoms with Crippen LogP contribution < -0.4 is 0 Å². The van der Waals surface area contributed by atoms with E-state index < -0.39 is 16.5 Å². The summed E-state index contributed by atoms with van der Waals surface area (Å²) in [4.78, 5) is 22.8. The topological polar surface area (TPSA) is 54.4 Å². The van der Waals surface area contributed by atoms with Crippen molar-refractivity contribution >= 4 is 22.8 Å². The van der Waals surface area contributed by atoms with Crippen molar-refractivity contribution in [1.29, 1.82) is 0 Å². The van der Waals surface area contributed by atoms with E-state index in [1.165, 1.54) is 26.0 Å². The third-order valence-electron chi connectivity index (χ3n) is 3.35. The van der Waals surface area contributed by atoms with E-state index in [0.717, 1.165) is 5.56 Å². The van der Waals surface area contributed by atoms with Crippen LogP contribution in [0, 0.1) is 5.82 Å². The first-order valence-corrected chi connectivity index (χ1v) is 7.44. The van der Waals surface area contributed by atoms with E-state index in [-0.39, 0.29) is 10.7 Å². The molecule has 2 aromatic carbocycles. The zero-order valence-electron chi connectivity index (χ0n) is 12.2. The molecule has 0 aliphatic carbocycles. The third-order valence-corrected chi connectivity index (χ3v) is 4.44. The van der Waals surface area contributed by atoms with Gasteiger partial charge in [0.25, 0.3) is 0 Å². The number of carboxylic acid groups (broad SMARTS) is 1. The van der Waals surface area contributed by atoms with E-state index in [9.17, 15) is 19.1 Å². The van der Waals surface area contributed by atoms with Gasteiger partial charge in [-0.1, -0.05) is 54.2 Å². The molecule has 0 spiro atoms. The third kappa shape index (κ3) is 3.20. The Balaban J connectivity index is 2.49. The zero-order chi connectivity index (χ0) is 16.3. The second-order valence-corrected chi connectivity index (χ2v) is 6.59. The van der Waals surface area contributed by atoms with Crippen molar-refractivity contribution in [3.8, 4) is 11.1 Å². The van der Waals surface area contributed by atoms with Crippen molar-refractivity contribution in [2.45, 2.75) is 18.6 Å². The summed E-state index contributed by atoms with van der Waals surface area (Å²) in [6.45, 7) is 2.60. The van der Waals surface area contributed by atoms with Crippen LogP contribution in [0.1, 0.15) is 19.4 Å². The normalized spacial score (nSPS) is 13.4. The molecule has 0 aromatic heterocycles. The average molecular weight is 318 g/mol. The lowest BCUT2D eigenvalue weighted by Gasteiger charge is -2.24. The summed E-state index contributed by atoms with van der Waals surface area (Å²) >= 11 is 0.600. The van der Waals surface area contributed by atoms with Gasteiger partial charge in [0.2, 0.25) is 0 Å². The number of carboxylic acids is 1. The maximum absolute atomic E-state index is 14.5. The molecule has 3 nitrogen and oxygen atoms in total. The molecule has 0 bridgehead atoms. The molecular weight excluding hydrogens is 303 g/mol. The fourth-order valence-electron chi connectivity index (χ4n) is 2.21. The van der Waals surface area contributed by atoms with Gasteiger partial charge in [-0.05, 0) is 24.1 Å². The summed E-state index contributed by atoms with van der Waals surface area (Å²) < 4.78 is 12.8. The number of carbonyl (C=O) groups excluding carboxylic acids is 1. The Morgan fingerprint density at radius 2 is 1.73 bits per heavy atom. The van der Waals surface area contributed by atoms with Gasteiger partial charge < -0.3 is 5.11 Å². The number of rotatable bonds is 4. The fraction of sp³-hybridized carbons (Fsp3) is 0.176. The van der Waals surface area contributed by atoms with Gasteiger partial charge >= 0.3 is 5.97 Å². The van der Waals surface area contributed by atoms with E-state index >= 15 is 0 Å². The minimum atomic E-state index is -1.65. The van der Waals surface area contributed by atoms with Gasteiger partial charge in [-0.15, -0.1) is 0 Å². The predicted octanol–water partition coefficient (Wildman–Crippen LogP) is 4.07. The van der Waals surface area contributed by atoms with Crippen LogP contribution in [-0.2, 0) is 14.3 Å². The van der Waals surface area contributed by atoms with Crippen molar-refractivity contribution in [2.24, 2.45) is 0 Å². The molecule has 0 saturated carbocycles. The Hall–Kier alpha value is -2.14. The van der Waals surface area contributed by atoms with Gasteiger partial charge in [0.1, 0.15) is 10.6 Å². The van der Waals surface area contributed by atoms with Gasteiger partial charge in [0, 0.05) is 12.5 Å². The van der Waals surface area contributed by atoms with E-state index in [1.807, 2.05) is 30.3 Å². The Morgan fingerprint density at radius 3 is 2.23 bits per heavy atom. The predicted molar refractivity (Wildman–Crippen MR) is 85.1 cm³/mol. The Morgan fingerprint density at radius 1 is 1.09 bits per heavy atom. The maximum Gasteiger partial charge on any atom is 0.324 e. The second kappa shape index (κ2) is 6.32. The zero-order valence-corrected chi connectivity index (χ0v) is 13.0. The molecular formula is C17H15FO3S. The van der Waals surface area contributed by atoms with Crippen molar-refractivity contribution < 1.29 is 19.1 Å². The summed E-state index contributed by atoms with van der Waals surface area (Å²) in [5, 5.41) is 9.03. The number of hydrogen-bond acceptors (Lipinski definition) is 3. The molecule has 114 valence electrons. The molecule has 0 saturated heterocycles. The highest BCUT2D eigenvalue weighted by molar-refractivity contribution is 8.14. The highest BCUT2D eigenvalue weighted by Crippen LogP contribution is 2.39. The van der Waals surface area contributed by atoms with Gasteiger partial charge in [0.15, 0.2) is 5.12 Å². The van der Waals surface area contributed by atoms with E-state index in [0.29, 0.717) is 17.3 Å². The molecule has 5 heteroatoms. The van der Waals surface area contributed by atoms with Gasteiger partial charge in [-0.3, -0.25) is 9.59 Å². The van der Waals surface area contributed by atoms with E-state index in [2.05, 4.69) is 0 Å². The van der Waals surface area contributed by atoms with E-state index in [1.54, 1.807) is 6.07 Å². The highest BCUT2D eigenvalue weighted by Gasteiger charge is 2.40. The number of halogens is 1. The molecule has 0 aliphatic heterocycles. The smallest absolute Gasteiger partial charge is 0.324 e. The molecule has 2 aromatic rings. The van der Waals surface area contributed by atoms with Crippen LogP contribution >= 0.6 is 11.8 Å². The second-order valence-electron chi connectivity index (χ2n) is 4.99. The summed E-state index contributed by atoms with van der Waals surface area (Å²) in [7, 11) is 0. The monoisotopic (exact) mass is 318 g/mol. The molecule has 1 N–H and O–H groups in total. The molecule has 22 heavy (non-hydrogen) atoms. The van der Waals surface area contributed by atoms with Gasteiger partial charge in [0.05, 0.1) is 0 Å². The summed E-state index contributed by atoms with van der Waals surface area (Å²) in [5.74, 6) is -1.89. The van der Waals surface area contributed by atoms with Crippen LogP contribution in [0.5, 0.6) is 0 Å². The quantitative estimate of drug-likeness (QED) is 0.923. The molecule has 0 heterocycles. The minimum absolute atomic E-state index is 0.0140. The van der Waals surface area contributed by atoms with Gasteiger partial charge in [-0.25, -0.2) is 4.39 Å². The molecule has 2 rings (SSSR count). The molecule has 0 aliphatic rings. The first-order valence-electron chi connectivity index (χ1n) is 6.63. The van der Waals surface area contributed by atoms with Crippen LogP contribution in [0.25, 0.3) is 11.1 Å². The standard InChI is InChI=1S/C17H15FO3S/c1-11(19)22-17(2,16(20)21)14-9-8-13(10-15(14)18)12-6-4-3-5-7-12/h3-10H,1-2H3,(H,20,21). The van der Waals surface area contributed by atoms with Crippen LogP contribution in [-0.4, -0.2) is 16.2 Å². The molecule has 0 amide bonds. The van der Waals surface area contributed by atoms with Crippen LogP contribution in [0.4, 0.5) is 4.39 Å². The Kier molecular flexibility index (Phi) is 4.66. The van der Waals surface area contributed by atoms with Crippen molar-refractivity contribution in [2.75, 3.05) is 0 Å². The Bertz CT molecular complexity index is 715. The van der Waals surface area contributed by atoms with Crippen LogP contribution in [0.15, 0.2) is 48.5 Å². The van der Waals surface area contributed by atoms with E-state index in [4.69, 9.17) is 0 Å². The lowest BCUT2D eigenvalue weighted by molar-refractivity contribution is -0.139. The fourth-order valence-corrected chi connectivity index (χ4v) is 3.15. The molecule has 0 fully saturated rings. The molecule has 1 unspecified atom stereocenters. The van der Waals surface area contributed by atoms with Crippen LogP contribution in [0.3, 0.4) is 0 Å². The highest BCUT2D eigenvalue weighted by atomic mass is 32.2. The summed E-state index contributed by atoms with van der Waals surface area (Å²) in [5.41, 5.74) is 1.48. The number of benzene rings is 2. The lowest BCUT2D eigenvalue weighted by Crippen LogP contribution is -2.31. The maximum atomic E-state index is 14.5. The number of thioether (sulfide) groups is 1. The first kappa shape index (κ1) is 16.2. The minimum Gasteiger partial charge on any atom is -0.480 e. The average Bonchev–Trinajstić information content (AvgIpc) is 2.47. The molecule has 0 radical (unpaired) electrons. The van der Waals surface area contributed by atoms with Gasteiger partial charge in [-0.2, -0.15) is 0 Å². The first-order chi connectivity index (χ1) is 10.3. The number of aliphatic carboxylic acids is 1. The summed E-state index contributed by atoms with van der Waals surface area (Å²) in [6, 6.07) is 13.6. The lowest BCUT2D eigenvalue weighted by atomic mass is 9.96. The van der Waals surface area contributed by atoms with Crippen molar-refractivity contribution in [3.63, 3.8) is 0 Å². The van der Waals surface area contributed by atoms with Crippen molar-refractivity contribution in [3.05, 3.63) is 59.9 Å². The summed E-state index contributed by atoms with van der Waals surface area (Å²) in [6.07, 6.45) is 0. The number of hydrogen-bond donors (Lipinski definition) is 1. The SMILES string of the molecule is CC(=O)SC(C)(C(=O)O)c1ccc(-c2ccccc2)cc1F. The number of carbonyl (C=O) groups is 2. The Labute approximate surface area is 132 Å².